The molecule has 1 fully saturated rings. The van der Waals surface area contributed by atoms with Gasteiger partial charge in [0.15, 0.2) is 0 Å². The van der Waals surface area contributed by atoms with Crippen LogP contribution in [0.5, 0.6) is 0 Å². The Morgan fingerprint density at radius 2 is 1.95 bits per heavy atom. The summed E-state index contributed by atoms with van der Waals surface area (Å²) >= 11 is 3.23. The van der Waals surface area contributed by atoms with Gasteiger partial charge in [-0.2, -0.15) is 0 Å². The van der Waals surface area contributed by atoms with E-state index in [1.165, 1.54) is 25.3 Å². The Morgan fingerprint density at radius 1 is 1.30 bits per heavy atom. The molecule has 0 bridgehead atoms. The topological polar surface area (TPSA) is 29.1 Å². The third-order valence-corrected chi connectivity index (χ3v) is 4.95. The first-order valence-electron chi connectivity index (χ1n) is 7.34. The fraction of sp³-hybridized carbons (Fsp3) is 0.562. The molecule has 1 amide bonds. The molecule has 110 valence electrons. The van der Waals surface area contributed by atoms with Crippen LogP contribution >= 0.6 is 15.9 Å². The van der Waals surface area contributed by atoms with Crippen molar-refractivity contribution in [3.63, 3.8) is 0 Å². The first kappa shape index (κ1) is 15.5. The van der Waals surface area contributed by atoms with Crippen LogP contribution in [0.1, 0.15) is 49.4 Å². The van der Waals surface area contributed by atoms with E-state index in [0.717, 1.165) is 18.8 Å². The van der Waals surface area contributed by atoms with Gasteiger partial charge in [-0.15, -0.1) is 0 Å². The fourth-order valence-corrected chi connectivity index (χ4v) is 3.41. The molecule has 2 rings (SSSR count). The molecule has 0 aliphatic heterocycles. The van der Waals surface area contributed by atoms with Crippen LogP contribution in [0.2, 0.25) is 0 Å². The average molecular weight is 342 g/mol. The molecule has 1 aromatic rings. The van der Waals surface area contributed by atoms with Crippen LogP contribution in [0.25, 0.3) is 0 Å². The van der Waals surface area contributed by atoms with Gasteiger partial charge in [0.1, 0.15) is 5.82 Å². The van der Waals surface area contributed by atoms with Crippen molar-refractivity contribution >= 4 is 21.8 Å². The van der Waals surface area contributed by atoms with Crippen molar-refractivity contribution < 1.29 is 9.18 Å². The summed E-state index contributed by atoms with van der Waals surface area (Å²) < 4.78 is 14.2. The Balaban J connectivity index is 1.87. The minimum atomic E-state index is -0.480. The average Bonchev–Trinajstić information content (AvgIpc) is 2.45. The highest BCUT2D eigenvalue weighted by atomic mass is 79.9. The van der Waals surface area contributed by atoms with E-state index in [9.17, 15) is 9.18 Å². The maximum atomic E-state index is 13.7. The smallest absolute Gasteiger partial charge is 0.255 e. The number of hydrogen-bond acceptors (Lipinski definition) is 1. The first-order chi connectivity index (χ1) is 9.61. The molecule has 0 saturated heterocycles. The lowest BCUT2D eigenvalue weighted by molar-refractivity contribution is 0.0936. The lowest BCUT2D eigenvalue weighted by Gasteiger charge is -2.27. The summed E-state index contributed by atoms with van der Waals surface area (Å²) in [5, 5.41) is 2.87. The van der Waals surface area contributed by atoms with E-state index in [-0.39, 0.29) is 11.5 Å². The number of benzene rings is 1. The summed E-state index contributed by atoms with van der Waals surface area (Å²) in [5.41, 5.74) is 0.106. The summed E-state index contributed by atoms with van der Waals surface area (Å²) in [6.45, 7) is 2.89. The van der Waals surface area contributed by atoms with Gasteiger partial charge in [-0.05, 0) is 52.7 Å². The van der Waals surface area contributed by atoms with Gasteiger partial charge >= 0.3 is 0 Å². The standard InChI is InChI=1S/C16H21BrFNO/c1-2-11-6-8-12(9-7-11)10-19-16(20)15-13(17)4-3-5-14(15)18/h3-5,11-12H,2,6-10H2,1H3,(H,19,20). The maximum Gasteiger partial charge on any atom is 0.255 e. The second-order valence-corrected chi connectivity index (χ2v) is 6.46. The molecule has 0 radical (unpaired) electrons. The molecule has 1 aromatic carbocycles. The number of hydrogen-bond donors (Lipinski definition) is 1. The third-order valence-electron chi connectivity index (χ3n) is 4.28. The minimum absolute atomic E-state index is 0.106. The van der Waals surface area contributed by atoms with Crippen molar-refractivity contribution in [3.8, 4) is 0 Å². The molecule has 0 heterocycles. The van der Waals surface area contributed by atoms with E-state index >= 15 is 0 Å². The van der Waals surface area contributed by atoms with Crippen molar-refractivity contribution in [2.24, 2.45) is 11.8 Å². The van der Waals surface area contributed by atoms with Crippen molar-refractivity contribution in [2.75, 3.05) is 6.54 Å². The molecule has 2 nitrogen and oxygen atoms in total. The molecule has 1 aliphatic carbocycles. The number of amides is 1. The van der Waals surface area contributed by atoms with Crippen molar-refractivity contribution in [1.29, 1.82) is 0 Å². The van der Waals surface area contributed by atoms with Crippen molar-refractivity contribution in [2.45, 2.75) is 39.0 Å². The Bertz CT molecular complexity index is 449. The van der Waals surface area contributed by atoms with Gasteiger partial charge in [0.05, 0.1) is 5.56 Å². The van der Waals surface area contributed by atoms with Gasteiger partial charge in [-0.3, -0.25) is 4.79 Å². The predicted octanol–water partition coefficient (Wildman–Crippen LogP) is 4.53. The SMILES string of the molecule is CCC1CCC(CNC(=O)c2c(F)cccc2Br)CC1. The molecular formula is C16H21BrFNO. The Morgan fingerprint density at radius 3 is 2.55 bits per heavy atom. The van der Waals surface area contributed by atoms with Crippen LogP contribution in [-0.2, 0) is 0 Å². The fourth-order valence-electron chi connectivity index (χ4n) is 2.88. The van der Waals surface area contributed by atoms with Gasteiger partial charge in [0.25, 0.3) is 5.91 Å². The molecular weight excluding hydrogens is 321 g/mol. The van der Waals surface area contributed by atoms with Gasteiger partial charge in [-0.25, -0.2) is 4.39 Å². The summed E-state index contributed by atoms with van der Waals surface area (Å²) in [6, 6.07) is 4.58. The van der Waals surface area contributed by atoms with E-state index in [0.29, 0.717) is 16.9 Å². The quantitative estimate of drug-likeness (QED) is 0.856. The monoisotopic (exact) mass is 341 g/mol. The molecule has 1 saturated carbocycles. The zero-order valence-electron chi connectivity index (χ0n) is 11.8. The molecule has 4 heteroatoms. The molecule has 1 N–H and O–H groups in total. The molecule has 0 aromatic heterocycles. The van der Waals surface area contributed by atoms with Gasteiger partial charge in [-0.1, -0.05) is 32.3 Å². The summed E-state index contributed by atoms with van der Waals surface area (Å²) in [4.78, 5) is 12.1. The zero-order valence-corrected chi connectivity index (χ0v) is 13.4. The minimum Gasteiger partial charge on any atom is -0.352 e. The normalized spacial score (nSPS) is 22.6. The van der Waals surface area contributed by atoms with Crippen molar-refractivity contribution in [1.82, 2.24) is 5.32 Å². The van der Waals surface area contributed by atoms with Gasteiger partial charge in [0.2, 0.25) is 0 Å². The molecule has 0 atom stereocenters. The molecule has 0 spiro atoms. The number of halogens is 2. The Hall–Kier alpha value is -0.900. The van der Waals surface area contributed by atoms with Gasteiger partial charge < -0.3 is 5.32 Å². The summed E-state index contributed by atoms with van der Waals surface area (Å²) in [5.74, 6) is 0.578. The number of rotatable bonds is 4. The highest BCUT2D eigenvalue weighted by molar-refractivity contribution is 9.10. The van der Waals surface area contributed by atoms with Crippen LogP contribution in [0, 0.1) is 17.7 Å². The van der Waals surface area contributed by atoms with Gasteiger partial charge in [0, 0.05) is 11.0 Å². The summed E-state index contributed by atoms with van der Waals surface area (Å²) in [7, 11) is 0. The number of nitrogens with one attached hydrogen (secondary N) is 1. The van der Waals surface area contributed by atoms with E-state index in [1.54, 1.807) is 12.1 Å². The van der Waals surface area contributed by atoms with E-state index in [1.807, 2.05) is 0 Å². The van der Waals surface area contributed by atoms with E-state index in [4.69, 9.17) is 0 Å². The zero-order chi connectivity index (χ0) is 14.5. The lowest BCUT2D eigenvalue weighted by Crippen LogP contribution is -2.32. The lowest BCUT2D eigenvalue weighted by atomic mass is 9.81. The maximum absolute atomic E-state index is 13.7. The first-order valence-corrected chi connectivity index (χ1v) is 8.13. The number of carbonyl (C=O) groups is 1. The van der Waals surface area contributed by atoms with E-state index < -0.39 is 5.82 Å². The highest BCUT2D eigenvalue weighted by Crippen LogP contribution is 2.30. The largest absolute Gasteiger partial charge is 0.352 e. The molecule has 1 aliphatic rings. The van der Waals surface area contributed by atoms with Crippen LogP contribution in [0.3, 0.4) is 0 Å². The molecule has 20 heavy (non-hydrogen) atoms. The Labute approximate surface area is 128 Å². The Kier molecular flexibility index (Phi) is 5.58. The second kappa shape index (κ2) is 7.21. The van der Waals surface area contributed by atoms with Crippen LogP contribution in [-0.4, -0.2) is 12.5 Å². The molecule has 0 unspecified atom stereocenters. The van der Waals surface area contributed by atoms with Crippen LogP contribution in [0.15, 0.2) is 22.7 Å². The van der Waals surface area contributed by atoms with Crippen molar-refractivity contribution in [3.05, 3.63) is 34.1 Å². The number of carbonyl (C=O) groups excluding carboxylic acids is 1. The van der Waals surface area contributed by atoms with E-state index in [2.05, 4.69) is 28.2 Å². The van der Waals surface area contributed by atoms with Crippen LogP contribution in [0.4, 0.5) is 4.39 Å². The van der Waals surface area contributed by atoms with Crippen LogP contribution < -0.4 is 5.32 Å². The highest BCUT2D eigenvalue weighted by Gasteiger charge is 2.21. The summed E-state index contributed by atoms with van der Waals surface area (Å²) in [6.07, 6.45) is 6.08. The third kappa shape index (κ3) is 3.81. The second-order valence-electron chi connectivity index (χ2n) is 5.60. The predicted molar refractivity (Wildman–Crippen MR) is 82.2 cm³/mol.